The maximum atomic E-state index is 12.4. The lowest BCUT2D eigenvalue weighted by Gasteiger charge is -2.03. The standard InChI is InChI=1S/C15H14F2/c16-15(17)14-9-13(14)8-10-5-6-11-3-1-2-4-12(11)7-10/h1-7,13-15H,8-9H2/t13?,14-/m1/s1. The van der Waals surface area contributed by atoms with Crippen molar-refractivity contribution in [1.29, 1.82) is 0 Å². The van der Waals surface area contributed by atoms with Crippen LogP contribution in [-0.4, -0.2) is 6.43 Å². The smallest absolute Gasteiger partial charge is 0.210 e. The highest BCUT2D eigenvalue weighted by molar-refractivity contribution is 5.82. The van der Waals surface area contributed by atoms with Crippen molar-refractivity contribution in [2.75, 3.05) is 0 Å². The van der Waals surface area contributed by atoms with Crippen LogP contribution in [0.1, 0.15) is 12.0 Å². The largest absolute Gasteiger partial charge is 0.241 e. The zero-order chi connectivity index (χ0) is 11.8. The normalized spacial score (nSPS) is 23.2. The maximum Gasteiger partial charge on any atom is 0.241 e. The molecule has 0 amide bonds. The number of hydrogen-bond acceptors (Lipinski definition) is 0. The van der Waals surface area contributed by atoms with Gasteiger partial charge in [-0.15, -0.1) is 0 Å². The van der Waals surface area contributed by atoms with Gasteiger partial charge in [0.25, 0.3) is 0 Å². The quantitative estimate of drug-likeness (QED) is 0.740. The molecule has 2 aromatic rings. The van der Waals surface area contributed by atoms with E-state index in [0.717, 1.165) is 6.42 Å². The van der Waals surface area contributed by atoms with E-state index in [4.69, 9.17) is 0 Å². The molecule has 1 saturated carbocycles. The molecular formula is C15H14F2. The van der Waals surface area contributed by atoms with Crippen LogP contribution in [0.2, 0.25) is 0 Å². The van der Waals surface area contributed by atoms with E-state index in [1.165, 1.54) is 16.3 Å². The lowest BCUT2D eigenvalue weighted by Crippen LogP contribution is -1.98. The van der Waals surface area contributed by atoms with Crippen LogP contribution in [0, 0.1) is 11.8 Å². The fourth-order valence-corrected chi connectivity index (χ4v) is 2.48. The Bertz CT molecular complexity index is 533. The summed E-state index contributed by atoms with van der Waals surface area (Å²) < 4.78 is 24.9. The van der Waals surface area contributed by atoms with Crippen LogP contribution in [0.5, 0.6) is 0 Å². The first-order valence-electron chi connectivity index (χ1n) is 6.00. The molecule has 0 heterocycles. The molecule has 0 bridgehead atoms. The number of hydrogen-bond donors (Lipinski definition) is 0. The number of alkyl halides is 2. The van der Waals surface area contributed by atoms with Crippen molar-refractivity contribution in [3.8, 4) is 0 Å². The highest BCUT2D eigenvalue weighted by Gasteiger charge is 2.43. The molecule has 0 saturated heterocycles. The van der Waals surface area contributed by atoms with Crippen molar-refractivity contribution in [3.05, 3.63) is 48.0 Å². The van der Waals surface area contributed by atoms with Gasteiger partial charge in [-0.3, -0.25) is 0 Å². The Hall–Kier alpha value is -1.44. The summed E-state index contributed by atoms with van der Waals surface area (Å²) in [6, 6.07) is 14.4. The first-order valence-corrected chi connectivity index (χ1v) is 6.00. The molecule has 0 aromatic heterocycles. The molecule has 88 valence electrons. The second-order valence-electron chi connectivity index (χ2n) is 4.88. The average Bonchev–Trinajstić information content (AvgIpc) is 3.08. The summed E-state index contributed by atoms with van der Waals surface area (Å²) in [5.74, 6) is -0.169. The van der Waals surface area contributed by atoms with Gasteiger partial charge < -0.3 is 0 Å². The van der Waals surface area contributed by atoms with E-state index < -0.39 is 6.43 Å². The van der Waals surface area contributed by atoms with E-state index in [2.05, 4.69) is 30.3 Å². The van der Waals surface area contributed by atoms with Gasteiger partial charge in [0.15, 0.2) is 0 Å². The number of halogens is 2. The molecule has 0 nitrogen and oxygen atoms in total. The van der Waals surface area contributed by atoms with Crippen molar-refractivity contribution >= 4 is 10.8 Å². The molecule has 3 rings (SSSR count). The van der Waals surface area contributed by atoms with Gasteiger partial charge in [-0.1, -0.05) is 42.5 Å². The zero-order valence-corrected chi connectivity index (χ0v) is 9.44. The Balaban J connectivity index is 1.78. The van der Waals surface area contributed by atoms with Crippen molar-refractivity contribution in [3.63, 3.8) is 0 Å². The number of fused-ring (bicyclic) bond motifs is 1. The third kappa shape index (κ3) is 2.17. The van der Waals surface area contributed by atoms with E-state index in [-0.39, 0.29) is 11.8 Å². The number of rotatable bonds is 3. The van der Waals surface area contributed by atoms with Crippen molar-refractivity contribution < 1.29 is 8.78 Å². The van der Waals surface area contributed by atoms with E-state index in [9.17, 15) is 8.78 Å². The van der Waals surface area contributed by atoms with Gasteiger partial charge in [-0.25, -0.2) is 8.78 Å². The van der Waals surface area contributed by atoms with E-state index in [1.807, 2.05) is 12.1 Å². The second-order valence-corrected chi connectivity index (χ2v) is 4.88. The summed E-state index contributed by atoms with van der Waals surface area (Å²) in [6.07, 6.45) is -0.662. The maximum absolute atomic E-state index is 12.4. The van der Waals surface area contributed by atoms with Gasteiger partial charge in [0.05, 0.1) is 0 Å². The van der Waals surface area contributed by atoms with Crippen molar-refractivity contribution in [2.45, 2.75) is 19.3 Å². The predicted octanol–water partition coefficient (Wildman–Crippen LogP) is 4.28. The molecule has 1 aliphatic rings. The first-order chi connectivity index (χ1) is 8.24. The van der Waals surface area contributed by atoms with Crippen molar-refractivity contribution in [2.24, 2.45) is 11.8 Å². The molecule has 17 heavy (non-hydrogen) atoms. The average molecular weight is 232 g/mol. The minimum atomic E-state index is -2.14. The summed E-state index contributed by atoms with van der Waals surface area (Å²) in [4.78, 5) is 0. The van der Waals surface area contributed by atoms with Crippen LogP contribution >= 0.6 is 0 Å². The Morgan fingerprint density at radius 1 is 1.06 bits per heavy atom. The molecule has 0 spiro atoms. The van der Waals surface area contributed by atoms with Gasteiger partial charge in [-0.05, 0) is 35.1 Å². The van der Waals surface area contributed by atoms with Crippen LogP contribution in [0.15, 0.2) is 42.5 Å². The third-order valence-corrected chi connectivity index (χ3v) is 3.61. The Labute approximate surface area is 99.3 Å². The summed E-state index contributed by atoms with van der Waals surface area (Å²) >= 11 is 0. The van der Waals surface area contributed by atoms with Crippen LogP contribution in [0.25, 0.3) is 10.8 Å². The minimum Gasteiger partial charge on any atom is -0.210 e. The molecule has 0 N–H and O–H groups in total. The number of benzene rings is 2. The first kappa shape index (κ1) is 10.7. The Kier molecular flexibility index (Phi) is 2.58. The summed E-state index contributed by atoms with van der Waals surface area (Å²) in [6.45, 7) is 0. The summed E-state index contributed by atoms with van der Waals surface area (Å²) in [5, 5.41) is 2.40. The van der Waals surface area contributed by atoms with Crippen molar-refractivity contribution in [1.82, 2.24) is 0 Å². The topological polar surface area (TPSA) is 0 Å². The van der Waals surface area contributed by atoms with Gasteiger partial charge in [-0.2, -0.15) is 0 Å². The minimum absolute atomic E-state index is 0.191. The summed E-state index contributed by atoms with van der Waals surface area (Å²) in [5.41, 5.74) is 1.18. The molecular weight excluding hydrogens is 218 g/mol. The molecule has 0 aliphatic heterocycles. The predicted molar refractivity (Wildman–Crippen MR) is 65.3 cm³/mol. The van der Waals surface area contributed by atoms with Crippen LogP contribution in [0.3, 0.4) is 0 Å². The molecule has 2 aromatic carbocycles. The molecule has 2 atom stereocenters. The van der Waals surface area contributed by atoms with E-state index in [0.29, 0.717) is 6.42 Å². The lowest BCUT2D eigenvalue weighted by atomic mass is 10.0. The van der Waals surface area contributed by atoms with Gasteiger partial charge >= 0.3 is 0 Å². The Morgan fingerprint density at radius 2 is 1.82 bits per heavy atom. The highest BCUT2D eigenvalue weighted by Crippen LogP contribution is 2.45. The fourth-order valence-electron chi connectivity index (χ4n) is 2.48. The van der Waals surface area contributed by atoms with Gasteiger partial charge in [0.2, 0.25) is 6.43 Å². The second kappa shape index (κ2) is 4.10. The van der Waals surface area contributed by atoms with E-state index in [1.54, 1.807) is 0 Å². The molecule has 1 unspecified atom stereocenters. The molecule has 2 heteroatoms. The van der Waals surface area contributed by atoms with E-state index >= 15 is 0 Å². The Morgan fingerprint density at radius 3 is 2.53 bits per heavy atom. The SMILES string of the molecule is FC(F)[C@@H]1CC1Cc1ccc2ccccc2c1. The third-order valence-electron chi connectivity index (χ3n) is 3.61. The lowest BCUT2D eigenvalue weighted by molar-refractivity contribution is 0.116. The summed E-state index contributed by atoms with van der Waals surface area (Å²) in [7, 11) is 0. The zero-order valence-electron chi connectivity index (χ0n) is 9.44. The van der Waals surface area contributed by atoms with Crippen LogP contribution < -0.4 is 0 Å². The van der Waals surface area contributed by atoms with Gasteiger partial charge in [0.1, 0.15) is 0 Å². The molecule has 0 radical (unpaired) electrons. The van der Waals surface area contributed by atoms with Crippen LogP contribution in [0.4, 0.5) is 8.78 Å². The van der Waals surface area contributed by atoms with Gasteiger partial charge in [0, 0.05) is 5.92 Å². The monoisotopic (exact) mass is 232 g/mol. The molecule has 1 fully saturated rings. The molecule has 1 aliphatic carbocycles. The van der Waals surface area contributed by atoms with Crippen LogP contribution in [-0.2, 0) is 6.42 Å². The fraction of sp³-hybridized carbons (Fsp3) is 0.333. The highest BCUT2D eigenvalue weighted by atomic mass is 19.3.